The second-order valence-corrected chi connectivity index (χ2v) is 11.1. The molecule has 1 fully saturated rings. The summed E-state index contributed by atoms with van der Waals surface area (Å²) in [5, 5.41) is 21.6. The average Bonchev–Trinajstić information content (AvgIpc) is 3.26. The third kappa shape index (κ3) is 8.52. The van der Waals surface area contributed by atoms with Crippen LogP contribution in [-0.4, -0.2) is 63.7 Å². The van der Waals surface area contributed by atoms with Gasteiger partial charge in [-0.05, 0) is 68.2 Å². The van der Waals surface area contributed by atoms with Gasteiger partial charge < -0.3 is 30.6 Å². The number of rotatable bonds is 12. The topological polar surface area (TPSA) is 142 Å². The summed E-state index contributed by atoms with van der Waals surface area (Å²) in [6, 6.07) is 11.2. The summed E-state index contributed by atoms with van der Waals surface area (Å²) < 4.78 is 31.6. The number of thiazole rings is 1. The molecule has 1 aliphatic rings. The number of halogens is 1. The number of benzene rings is 2. The van der Waals surface area contributed by atoms with Crippen LogP contribution in [-0.2, 0) is 14.9 Å². The summed E-state index contributed by atoms with van der Waals surface area (Å²) in [5.74, 6) is 0.500. The van der Waals surface area contributed by atoms with Crippen LogP contribution in [0.25, 0.3) is 10.2 Å². The fraction of sp³-hybridized carbons (Fsp3) is 0.417. The van der Waals surface area contributed by atoms with Crippen LogP contribution < -0.4 is 25.5 Å². The minimum absolute atomic E-state index is 0. The number of aliphatic hydroxyl groups is 1. The molecule has 0 saturated carbocycles. The Bertz CT molecular complexity index is 1260. The largest absolute Gasteiger partial charge is 0.395 e. The van der Waals surface area contributed by atoms with E-state index in [-0.39, 0.29) is 35.6 Å². The van der Waals surface area contributed by atoms with E-state index in [1.807, 2.05) is 0 Å². The first-order valence-electron chi connectivity index (χ1n) is 11.9. The highest BCUT2D eigenvalue weighted by atomic mass is 35.5. The number of hydrogen-bond acceptors (Lipinski definition) is 10. The molecule has 202 valence electrons. The van der Waals surface area contributed by atoms with Gasteiger partial charge in [0.05, 0.1) is 16.8 Å². The fourth-order valence-corrected chi connectivity index (χ4v) is 5.78. The molecule has 13 heteroatoms. The first kappa shape index (κ1) is 29.1. The predicted molar refractivity (Wildman–Crippen MR) is 148 cm³/mol. The van der Waals surface area contributed by atoms with Crippen LogP contribution in [0.15, 0.2) is 47.4 Å². The van der Waals surface area contributed by atoms with Gasteiger partial charge in [0, 0.05) is 37.8 Å². The maximum Gasteiger partial charge on any atom is 0.339 e. The maximum atomic E-state index is 12.8. The average molecular weight is 570 g/mol. The smallest absolute Gasteiger partial charge is 0.339 e. The number of hydrogen-bond donors (Lipinski definition) is 5. The van der Waals surface area contributed by atoms with E-state index in [0.717, 1.165) is 31.6 Å². The summed E-state index contributed by atoms with van der Waals surface area (Å²) in [6.07, 6.45) is 2.45. The summed E-state index contributed by atoms with van der Waals surface area (Å²) in [4.78, 5) is 16.9. The van der Waals surface area contributed by atoms with Gasteiger partial charge in [0.1, 0.15) is 10.6 Å². The minimum atomic E-state index is -4.02. The van der Waals surface area contributed by atoms with Crippen molar-refractivity contribution in [1.29, 1.82) is 0 Å². The van der Waals surface area contributed by atoms with Crippen LogP contribution in [0.2, 0.25) is 0 Å². The van der Waals surface area contributed by atoms with Gasteiger partial charge in [0.25, 0.3) is 0 Å². The van der Waals surface area contributed by atoms with Crippen LogP contribution in [0.1, 0.15) is 19.3 Å². The second kappa shape index (κ2) is 13.9. The first-order chi connectivity index (χ1) is 17.4. The van der Waals surface area contributed by atoms with Gasteiger partial charge in [0.15, 0.2) is 5.13 Å². The van der Waals surface area contributed by atoms with Crippen molar-refractivity contribution in [3.05, 3.63) is 42.5 Å². The zero-order chi connectivity index (χ0) is 25.4. The molecule has 0 atom stereocenters. The molecule has 2 aromatic carbocycles. The van der Waals surface area contributed by atoms with Gasteiger partial charge in [-0.15, -0.1) is 12.4 Å². The van der Waals surface area contributed by atoms with Gasteiger partial charge >= 0.3 is 10.1 Å². The highest BCUT2D eigenvalue weighted by molar-refractivity contribution is 7.87. The summed E-state index contributed by atoms with van der Waals surface area (Å²) in [6.45, 7) is 3.80. The lowest BCUT2D eigenvalue weighted by Gasteiger charge is -2.21. The number of nitrogens with zero attached hydrogens (tertiary/aromatic N) is 1. The van der Waals surface area contributed by atoms with Crippen molar-refractivity contribution < 1.29 is 22.5 Å². The predicted octanol–water partition coefficient (Wildman–Crippen LogP) is 2.81. The van der Waals surface area contributed by atoms with E-state index < -0.39 is 10.1 Å². The molecule has 3 aromatic rings. The molecule has 0 bridgehead atoms. The monoisotopic (exact) mass is 569 g/mol. The van der Waals surface area contributed by atoms with Crippen LogP contribution in [0.3, 0.4) is 0 Å². The summed E-state index contributed by atoms with van der Waals surface area (Å²) in [7, 11) is -4.02. The van der Waals surface area contributed by atoms with Gasteiger partial charge in [0.2, 0.25) is 5.91 Å². The Kier molecular flexibility index (Phi) is 10.9. The Morgan fingerprint density at radius 3 is 2.59 bits per heavy atom. The molecule has 1 amide bonds. The number of fused-ring (bicyclic) bond motifs is 1. The van der Waals surface area contributed by atoms with Crippen molar-refractivity contribution in [1.82, 2.24) is 15.6 Å². The molecule has 1 aromatic heterocycles. The van der Waals surface area contributed by atoms with Gasteiger partial charge in [-0.3, -0.25) is 4.79 Å². The fourth-order valence-electron chi connectivity index (χ4n) is 3.94. The van der Waals surface area contributed by atoms with Crippen molar-refractivity contribution in [3.8, 4) is 5.75 Å². The Labute approximate surface area is 226 Å². The molecule has 0 spiro atoms. The molecule has 1 aliphatic heterocycles. The van der Waals surface area contributed by atoms with Gasteiger partial charge in [-0.2, -0.15) is 8.42 Å². The van der Waals surface area contributed by atoms with Crippen molar-refractivity contribution in [2.75, 3.05) is 50.0 Å². The highest BCUT2D eigenvalue weighted by Gasteiger charge is 2.19. The highest BCUT2D eigenvalue weighted by Crippen LogP contribution is 2.31. The van der Waals surface area contributed by atoms with E-state index in [0.29, 0.717) is 47.3 Å². The molecule has 2 heterocycles. The number of piperidine rings is 1. The number of nitrogens with one attached hydrogen (secondary N) is 4. The standard InChI is InChI=1S/C24H31N5O5S2.ClH/c30-14-13-26-11-12-27-18-1-4-20(5-2-18)36(32,33)34-19-3-6-21-22(16-19)35-24(28-21)29-23(31)15-17-7-9-25-10-8-17;/h1-6,16-17,25-27,30H,7-15H2,(H,28,29,31);1H. The number of aliphatic hydroxyl groups excluding tert-OH is 1. The lowest BCUT2D eigenvalue weighted by atomic mass is 9.94. The second-order valence-electron chi connectivity index (χ2n) is 8.56. The van der Waals surface area contributed by atoms with Crippen LogP contribution in [0.5, 0.6) is 5.75 Å². The third-order valence-electron chi connectivity index (χ3n) is 5.81. The van der Waals surface area contributed by atoms with Crippen molar-refractivity contribution in [2.24, 2.45) is 5.92 Å². The number of carbonyl (C=O) groups excluding carboxylic acids is 1. The quantitative estimate of drug-likeness (QED) is 0.164. The molecule has 0 aliphatic carbocycles. The number of aromatic nitrogens is 1. The van der Waals surface area contributed by atoms with Crippen molar-refractivity contribution in [3.63, 3.8) is 0 Å². The Morgan fingerprint density at radius 1 is 1.11 bits per heavy atom. The van der Waals surface area contributed by atoms with Crippen molar-refractivity contribution in [2.45, 2.75) is 24.2 Å². The Hall–Kier alpha value is -2.48. The Balaban J connectivity index is 0.00000380. The van der Waals surface area contributed by atoms with E-state index in [2.05, 4.69) is 26.3 Å². The zero-order valence-corrected chi connectivity index (χ0v) is 22.7. The maximum absolute atomic E-state index is 12.8. The van der Waals surface area contributed by atoms with E-state index in [4.69, 9.17) is 9.29 Å². The van der Waals surface area contributed by atoms with E-state index in [1.165, 1.54) is 23.5 Å². The molecule has 1 saturated heterocycles. The molecule has 5 N–H and O–H groups in total. The first-order valence-corrected chi connectivity index (χ1v) is 14.2. The molecule has 10 nitrogen and oxygen atoms in total. The molecule has 0 radical (unpaired) electrons. The molecular weight excluding hydrogens is 538 g/mol. The third-order valence-corrected chi connectivity index (χ3v) is 8.00. The number of carbonyl (C=O) groups is 1. The molecule has 0 unspecified atom stereocenters. The number of anilines is 2. The summed E-state index contributed by atoms with van der Waals surface area (Å²) in [5.41, 5.74) is 1.44. The van der Waals surface area contributed by atoms with E-state index in [9.17, 15) is 13.2 Å². The summed E-state index contributed by atoms with van der Waals surface area (Å²) >= 11 is 1.28. The molecular formula is C24H32ClN5O5S2. The SMILES string of the molecule is Cl.O=C(CC1CCNCC1)Nc1nc2ccc(OS(=O)(=O)c3ccc(NCCNCCO)cc3)cc2s1. The van der Waals surface area contributed by atoms with Crippen LogP contribution in [0, 0.1) is 5.92 Å². The van der Waals surface area contributed by atoms with E-state index >= 15 is 0 Å². The van der Waals surface area contributed by atoms with Gasteiger partial charge in [-0.25, -0.2) is 4.98 Å². The molecule has 37 heavy (non-hydrogen) atoms. The number of amides is 1. The lowest BCUT2D eigenvalue weighted by Crippen LogP contribution is -2.30. The van der Waals surface area contributed by atoms with Gasteiger partial charge in [-0.1, -0.05) is 11.3 Å². The van der Waals surface area contributed by atoms with Crippen LogP contribution in [0.4, 0.5) is 10.8 Å². The zero-order valence-electron chi connectivity index (χ0n) is 20.2. The normalized spacial score (nSPS) is 14.2. The van der Waals surface area contributed by atoms with E-state index in [1.54, 1.807) is 30.3 Å². The molecule has 4 rings (SSSR count). The van der Waals surface area contributed by atoms with Crippen molar-refractivity contribution >= 4 is 60.8 Å². The minimum Gasteiger partial charge on any atom is -0.395 e. The lowest BCUT2D eigenvalue weighted by molar-refractivity contribution is -0.117. The van der Waals surface area contributed by atoms with Crippen LogP contribution >= 0.6 is 23.7 Å². The Morgan fingerprint density at radius 2 is 1.86 bits per heavy atom.